The number of pyridine rings is 2. The molecule has 0 spiro atoms. The fourth-order valence-corrected chi connectivity index (χ4v) is 5.99. The van der Waals surface area contributed by atoms with E-state index in [1.807, 2.05) is 20.0 Å². The highest BCUT2D eigenvalue weighted by molar-refractivity contribution is 5.95. The largest absolute Gasteiger partial charge is 0.324 e. The molecule has 1 aromatic carbocycles. The third kappa shape index (κ3) is 3.99. The maximum atomic E-state index is 13.9. The first-order valence-electron chi connectivity index (χ1n) is 11.6. The number of hydrogen-bond donors (Lipinski definition) is 1. The van der Waals surface area contributed by atoms with E-state index in [4.69, 9.17) is 6.42 Å². The zero-order valence-electron chi connectivity index (χ0n) is 19.0. The number of carbonyl (C=O) groups excluding carboxylic acids is 1. The van der Waals surface area contributed by atoms with Crippen LogP contribution in [0.15, 0.2) is 48.8 Å². The Kier molecular flexibility index (Phi) is 5.40. The maximum Gasteiger partial charge on any atom is 0.230 e. The second-order valence-electron chi connectivity index (χ2n) is 10.2. The molecule has 5 rings (SSSR count). The van der Waals surface area contributed by atoms with Gasteiger partial charge in [0.05, 0.1) is 17.4 Å². The van der Waals surface area contributed by atoms with Gasteiger partial charge in [0.2, 0.25) is 5.91 Å². The van der Waals surface area contributed by atoms with Crippen LogP contribution in [0.2, 0.25) is 0 Å². The van der Waals surface area contributed by atoms with Crippen molar-refractivity contribution in [3.05, 3.63) is 65.9 Å². The molecule has 2 aliphatic rings. The molecule has 168 valence electrons. The molecular formula is C28H28FN3O. The van der Waals surface area contributed by atoms with Crippen LogP contribution in [0, 0.1) is 41.3 Å². The highest BCUT2D eigenvalue weighted by Gasteiger charge is 2.48. The van der Waals surface area contributed by atoms with Crippen molar-refractivity contribution in [1.29, 1.82) is 0 Å². The Balaban J connectivity index is 1.27. The Bertz CT molecular complexity index is 1230. The van der Waals surface area contributed by atoms with Gasteiger partial charge in [0, 0.05) is 17.0 Å². The minimum atomic E-state index is -0.475. The summed E-state index contributed by atoms with van der Waals surface area (Å²) >= 11 is 0. The average Bonchev–Trinajstić information content (AvgIpc) is 3.39. The molecule has 2 aliphatic carbocycles. The van der Waals surface area contributed by atoms with Crippen molar-refractivity contribution in [3.63, 3.8) is 0 Å². The first-order chi connectivity index (χ1) is 15.8. The van der Waals surface area contributed by atoms with E-state index in [9.17, 15) is 9.18 Å². The fraction of sp³-hybridized carbons (Fsp3) is 0.393. The number of amides is 1. The van der Waals surface area contributed by atoms with Gasteiger partial charge < -0.3 is 5.32 Å². The number of aromatic nitrogens is 2. The van der Waals surface area contributed by atoms with E-state index in [1.54, 1.807) is 30.5 Å². The van der Waals surface area contributed by atoms with Crippen LogP contribution in [0.3, 0.4) is 0 Å². The molecule has 1 amide bonds. The Hall–Kier alpha value is -3.26. The number of halogens is 1. The van der Waals surface area contributed by atoms with Crippen LogP contribution in [-0.2, 0) is 4.79 Å². The lowest BCUT2D eigenvalue weighted by Gasteiger charge is -2.31. The fourth-order valence-electron chi connectivity index (χ4n) is 5.99. The van der Waals surface area contributed by atoms with E-state index in [-0.39, 0.29) is 11.7 Å². The van der Waals surface area contributed by atoms with Crippen LogP contribution < -0.4 is 5.32 Å². The lowest BCUT2D eigenvalue weighted by molar-refractivity contribution is -0.126. The molecule has 5 heteroatoms. The number of nitrogens with one attached hydrogen (secondary N) is 1. The molecular weight excluding hydrogens is 413 g/mol. The smallest absolute Gasteiger partial charge is 0.230 e. The second-order valence-corrected chi connectivity index (χ2v) is 10.2. The summed E-state index contributed by atoms with van der Waals surface area (Å²) in [5.41, 5.74) is 2.81. The zero-order valence-corrected chi connectivity index (χ0v) is 19.0. The summed E-state index contributed by atoms with van der Waals surface area (Å²) in [6.07, 6.45) is 13.1. The van der Waals surface area contributed by atoms with E-state index in [2.05, 4.69) is 27.3 Å². The Labute approximate surface area is 194 Å². The van der Waals surface area contributed by atoms with Crippen LogP contribution in [0.25, 0.3) is 10.9 Å². The highest BCUT2D eigenvalue weighted by Crippen LogP contribution is 2.56. The molecule has 2 saturated carbocycles. The first-order valence-corrected chi connectivity index (χ1v) is 11.6. The van der Waals surface area contributed by atoms with E-state index < -0.39 is 5.41 Å². The molecule has 0 aliphatic heterocycles. The Morgan fingerprint density at radius 2 is 1.85 bits per heavy atom. The number of benzene rings is 1. The normalized spacial score (nSPS) is 24.4. The van der Waals surface area contributed by atoms with Crippen LogP contribution in [0.1, 0.15) is 56.7 Å². The summed E-state index contributed by atoms with van der Waals surface area (Å²) < 4.78 is 13.9. The molecule has 3 aromatic rings. The van der Waals surface area contributed by atoms with E-state index in [0.717, 1.165) is 36.6 Å². The topological polar surface area (TPSA) is 54.9 Å². The minimum Gasteiger partial charge on any atom is -0.324 e. The number of fused-ring (bicyclic) bond motifs is 2. The van der Waals surface area contributed by atoms with E-state index in [0.29, 0.717) is 35.1 Å². The first kappa shape index (κ1) is 21.6. The van der Waals surface area contributed by atoms with E-state index in [1.165, 1.54) is 11.6 Å². The lowest BCUT2D eigenvalue weighted by Crippen LogP contribution is -2.37. The van der Waals surface area contributed by atoms with Gasteiger partial charge >= 0.3 is 0 Å². The third-order valence-electron chi connectivity index (χ3n) is 7.97. The van der Waals surface area contributed by atoms with Gasteiger partial charge in [-0.15, -0.1) is 6.42 Å². The van der Waals surface area contributed by atoms with Crippen LogP contribution in [0.5, 0.6) is 0 Å². The average molecular weight is 442 g/mol. The summed E-state index contributed by atoms with van der Waals surface area (Å²) in [6.45, 7) is 4.10. The maximum absolute atomic E-state index is 13.9. The van der Waals surface area contributed by atoms with Gasteiger partial charge in [-0.2, -0.15) is 0 Å². The number of terminal acetylenes is 1. The molecule has 0 saturated heterocycles. The van der Waals surface area contributed by atoms with Gasteiger partial charge in [-0.05, 0) is 91.3 Å². The summed E-state index contributed by atoms with van der Waals surface area (Å²) in [5, 5.41) is 3.96. The molecule has 0 bridgehead atoms. The molecule has 4 atom stereocenters. The lowest BCUT2D eigenvalue weighted by atomic mass is 9.75. The minimum absolute atomic E-state index is 0.0230. The van der Waals surface area contributed by atoms with Crippen molar-refractivity contribution >= 4 is 22.5 Å². The van der Waals surface area contributed by atoms with Gasteiger partial charge in [0.25, 0.3) is 0 Å². The molecule has 2 fully saturated rings. The summed E-state index contributed by atoms with van der Waals surface area (Å²) in [6, 6.07) is 10.4. The molecule has 1 N–H and O–H groups in total. The summed E-state index contributed by atoms with van der Waals surface area (Å²) in [7, 11) is 0. The predicted octanol–water partition coefficient (Wildman–Crippen LogP) is 5.93. The molecule has 2 aromatic heterocycles. The monoisotopic (exact) mass is 441 g/mol. The number of hydrogen-bond acceptors (Lipinski definition) is 3. The zero-order chi connectivity index (χ0) is 23.2. The number of rotatable bonds is 4. The van der Waals surface area contributed by atoms with Crippen molar-refractivity contribution in [1.82, 2.24) is 9.97 Å². The van der Waals surface area contributed by atoms with Crippen LogP contribution >= 0.6 is 0 Å². The van der Waals surface area contributed by atoms with Crippen molar-refractivity contribution in [2.24, 2.45) is 23.2 Å². The molecule has 33 heavy (non-hydrogen) atoms. The summed E-state index contributed by atoms with van der Waals surface area (Å²) in [4.78, 5) is 21.7. The van der Waals surface area contributed by atoms with Crippen molar-refractivity contribution in [3.8, 4) is 12.3 Å². The quantitative estimate of drug-likeness (QED) is 0.510. The standard InChI is InChI=1S/C28H28FN3O/c1-4-22-6-7-23(16-31-22)32-27(33)28(2,3)20-13-17-11-19(12-18(17)14-20)24-9-10-30-26-8-5-21(29)15-25(24)26/h1,5-10,15-20H,11-14H2,2-3H3,(H,32,33)/t17-,18?,19-,20+/m1/s1. The van der Waals surface area contributed by atoms with E-state index >= 15 is 0 Å². The summed E-state index contributed by atoms with van der Waals surface area (Å²) in [5.74, 6) is 4.24. The second kappa shape index (κ2) is 8.26. The Morgan fingerprint density at radius 1 is 1.09 bits per heavy atom. The van der Waals surface area contributed by atoms with Crippen molar-refractivity contribution in [2.75, 3.05) is 5.32 Å². The molecule has 0 radical (unpaired) electrons. The van der Waals surface area contributed by atoms with Crippen molar-refractivity contribution in [2.45, 2.75) is 45.4 Å². The number of nitrogens with zero attached hydrogens (tertiary/aromatic N) is 2. The van der Waals surface area contributed by atoms with Gasteiger partial charge in [-0.25, -0.2) is 9.37 Å². The highest BCUT2D eigenvalue weighted by atomic mass is 19.1. The van der Waals surface area contributed by atoms with Gasteiger partial charge in [-0.1, -0.05) is 19.8 Å². The van der Waals surface area contributed by atoms with Crippen LogP contribution in [-0.4, -0.2) is 15.9 Å². The van der Waals surface area contributed by atoms with Gasteiger partial charge in [-0.3, -0.25) is 9.78 Å². The molecule has 4 nitrogen and oxygen atoms in total. The SMILES string of the molecule is C#Cc1ccc(NC(=O)C(C)(C)[C@@H]2CC3C[C@H](c4ccnc5ccc(F)cc45)C[C@@H]3C2)cn1. The molecule has 2 heterocycles. The van der Waals surface area contributed by atoms with Crippen molar-refractivity contribution < 1.29 is 9.18 Å². The number of anilines is 1. The van der Waals surface area contributed by atoms with Gasteiger partial charge in [0.1, 0.15) is 11.5 Å². The Morgan fingerprint density at radius 3 is 2.52 bits per heavy atom. The van der Waals surface area contributed by atoms with Crippen LogP contribution in [0.4, 0.5) is 10.1 Å². The van der Waals surface area contributed by atoms with Gasteiger partial charge in [0.15, 0.2) is 0 Å². The third-order valence-corrected chi connectivity index (χ3v) is 7.97. The molecule has 1 unspecified atom stereocenters. The number of carbonyl (C=O) groups is 1. The predicted molar refractivity (Wildman–Crippen MR) is 128 cm³/mol.